The van der Waals surface area contributed by atoms with Crippen LogP contribution in [-0.2, 0) is 6.42 Å². The van der Waals surface area contributed by atoms with E-state index in [-0.39, 0.29) is 12.1 Å². The summed E-state index contributed by atoms with van der Waals surface area (Å²) in [4.78, 5) is 22.9. The van der Waals surface area contributed by atoms with Gasteiger partial charge in [0.2, 0.25) is 0 Å². The monoisotopic (exact) mass is 402 g/mol. The number of pyridine rings is 1. The molecule has 2 amide bonds. The Morgan fingerprint density at radius 3 is 2.86 bits per heavy atom. The van der Waals surface area contributed by atoms with Gasteiger partial charge in [-0.2, -0.15) is 0 Å². The minimum atomic E-state index is -0.237. The molecular formula is C23H19ClN4O. The molecule has 1 aliphatic heterocycles. The molecule has 0 saturated carbocycles. The average molecular weight is 403 g/mol. The Morgan fingerprint density at radius 1 is 1.14 bits per heavy atom. The van der Waals surface area contributed by atoms with Gasteiger partial charge in [-0.1, -0.05) is 41.9 Å². The smallest absolute Gasteiger partial charge is 0.322 e. The summed E-state index contributed by atoms with van der Waals surface area (Å²) in [6, 6.07) is 19.0. The van der Waals surface area contributed by atoms with E-state index in [1.165, 1.54) is 10.9 Å². The number of amides is 2. The molecule has 1 aliphatic rings. The predicted molar refractivity (Wildman–Crippen MR) is 115 cm³/mol. The molecule has 0 bridgehead atoms. The van der Waals surface area contributed by atoms with Gasteiger partial charge in [0.05, 0.1) is 0 Å². The molecule has 144 valence electrons. The number of urea groups is 1. The molecule has 3 heterocycles. The van der Waals surface area contributed by atoms with Gasteiger partial charge < -0.3 is 15.2 Å². The number of halogens is 1. The summed E-state index contributed by atoms with van der Waals surface area (Å²) in [6.45, 7) is 0.612. The molecule has 4 aromatic rings. The third-order valence-electron chi connectivity index (χ3n) is 5.37. The number of anilines is 1. The Hall–Kier alpha value is -3.31. The maximum atomic E-state index is 13.2. The summed E-state index contributed by atoms with van der Waals surface area (Å²) in [5, 5.41) is 4.79. The Labute approximate surface area is 173 Å². The molecule has 5 nitrogen and oxygen atoms in total. The lowest BCUT2D eigenvalue weighted by molar-refractivity contribution is 0.193. The van der Waals surface area contributed by atoms with Crippen LogP contribution in [0.15, 0.2) is 73.1 Å². The molecule has 1 unspecified atom stereocenters. The number of carbonyl (C=O) groups is 1. The van der Waals surface area contributed by atoms with E-state index >= 15 is 0 Å². The second-order valence-electron chi connectivity index (χ2n) is 7.14. The summed E-state index contributed by atoms with van der Waals surface area (Å²) in [6.07, 6.45) is 4.36. The first-order valence-corrected chi connectivity index (χ1v) is 9.91. The summed E-state index contributed by atoms with van der Waals surface area (Å²) in [5.41, 5.74) is 5.05. The summed E-state index contributed by atoms with van der Waals surface area (Å²) in [5.74, 6) is 0. The van der Waals surface area contributed by atoms with E-state index in [9.17, 15) is 4.79 Å². The summed E-state index contributed by atoms with van der Waals surface area (Å²) >= 11 is 6.07. The van der Waals surface area contributed by atoms with Crippen molar-refractivity contribution in [1.29, 1.82) is 0 Å². The van der Waals surface area contributed by atoms with Gasteiger partial charge in [0, 0.05) is 46.2 Å². The quantitative estimate of drug-likeness (QED) is 0.471. The highest BCUT2D eigenvalue weighted by Gasteiger charge is 2.34. The van der Waals surface area contributed by atoms with Crippen molar-refractivity contribution in [2.45, 2.75) is 12.5 Å². The Balaban J connectivity index is 1.57. The molecule has 6 heteroatoms. The number of hydrogen-bond donors (Lipinski definition) is 2. The second-order valence-corrected chi connectivity index (χ2v) is 7.57. The normalized spacial score (nSPS) is 15.9. The molecule has 0 aliphatic carbocycles. The number of hydrogen-bond acceptors (Lipinski definition) is 2. The molecule has 29 heavy (non-hydrogen) atoms. The van der Waals surface area contributed by atoms with Gasteiger partial charge in [0.1, 0.15) is 6.04 Å². The van der Waals surface area contributed by atoms with E-state index < -0.39 is 0 Å². The van der Waals surface area contributed by atoms with E-state index in [1.54, 1.807) is 18.3 Å². The zero-order valence-corrected chi connectivity index (χ0v) is 16.4. The van der Waals surface area contributed by atoms with Gasteiger partial charge in [-0.3, -0.25) is 4.98 Å². The van der Waals surface area contributed by atoms with Crippen molar-refractivity contribution < 1.29 is 4.79 Å². The zero-order valence-electron chi connectivity index (χ0n) is 15.6. The minimum Gasteiger partial charge on any atom is -0.356 e. The van der Waals surface area contributed by atoms with Crippen LogP contribution in [0.2, 0.25) is 5.02 Å². The highest BCUT2D eigenvalue weighted by molar-refractivity contribution is 6.30. The van der Waals surface area contributed by atoms with Crippen LogP contribution >= 0.6 is 11.6 Å². The molecule has 1 atom stereocenters. The van der Waals surface area contributed by atoms with Gasteiger partial charge in [-0.15, -0.1) is 0 Å². The standard InChI is InChI=1S/C23H19ClN4O/c24-16-6-3-7-17(13-16)26-23(29)28-12-10-19-18-8-1-2-9-20(18)27-21(19)22(28)15-5-4-11-25-14-15/h1-9,11,13-14,22,27H,10,12H2,(H,26,29). The lowest BCUT2D eigenvalue weighted by Gasteiger charge is -2.36. The van der Waals surface area contributed by atoms with Crippen LogP contribution in [0.3, 0.4) is 0 Å². The van der Waals surface area contributed by atoms with E-state index in [1.807, 2.05) is 47.5 Å². The van der Waals surface area contributed by atoms with Crippen LogP contribution in [0.5, 0.6) is 0 Å². The van der Waals surface area contributed by atoms with Crippen molar-refractivity contribution in [2.24, 2.45) is 0 Å². The van der Waals surface area contributed by atoms with Crippen LogP contribution < -0.4 is 5.32 Å². The predicted octanol–water partition coefficient (Wildman–Crippen LogP) is 5.40. The Morgan fingerprint density at radius 2 is 2.03 bits per heavy atom. The molecule has 2 aromatic carbocycles. The molecule has 0 saturated heterocycles. The summed E-state index contributed by atoms with van der Waals surface area (Å²) < 4.78 is 0. The minimum absolute atomic E-state index is 0.162. The fraction of sp³-hybridized carbons (Fsp3) is 0.130. The molecule has 5 rings (SSSR count). The molecule has 2 aromatic heterocycles. The first-order chi connectivity index (χ1) is 14.2. The molecule has 0 fully saturated rings. The van der Waals surface area contributed by atoms with Crippen molar-refractivity contribution in [3.05, 3.63) is 94.9 Å². The van der Waals surface area contributed by atoms with Crippen molar-refractivity contribution in [1.82, 2.24) is 14.9 Å². The third-order valence-corrected chi connectivity index (χ3v) is 5.61. The Kier molecular flexibility index (Phi) is 4.45. The number of aromatic amines is 1. The van der Waals surface area contributed by atoms with Gasteiger partial charge >= 0.3 is 6.03 Å². The lowest BCUT2D eigenvalue weighted by Crippen LogP contribution is -2.43. The lowest BCUT2D eigenvalue weighted by atomic mass is 9.93. The Bertz CT molecular complexity index is 1190. The van der Waals surface area contributed by atoms with Crippen LogP contribution in [0.25, 0.3) is 10.9 Å². The highest BCUT2D eigenvalue weighted by Crippen LogP contribution is 2.38. The molecular weight excluding hydrogens is 384 g/mol. The number of carbonyl (C=O) groups excluding carboxylic acids is 1. The van der Waals surface area contributed by atoms with Gasteiger partial charge in [-0.25, -0.2) is 4.79 Å². The number of H-pyrrole nitrogens is 1. The third kappa shape index (κ3) is 3.23. The van der Waals surface area contributed by atoms with Crippen molar-refractivity contribution in [3.8, 4) is 0 Å². The van der Waals surface area contributed by atoms with E-state index in [2.05, 4.69) is 27.4 Å². The van der Waals surface area contributed by atoms with Crippen LogP contribution in [-0.4, -0.2) is 27.4 Å². The van der Waals surface area contributed by atoms with E-state index in [4.69, 9.17) is 11.6 Å². The van der Waals surface area contributed by atoms with Crippen molar-refractivity contribution in [3.63, 3.8) is 0 Å². The maximum absolute atomic E-state index is 13.2. The van der Waals surface area contributed by atoms with Crippen molar-refractivity contribution >= 4 is 34.2 Å². The fourth-order valence-corrected chi connectivity index (χ4v) is 4.30. The number of fused-ring (bicyclic) bond motifs is 3. The summed E-state index contributed by atoms with van der Waals surface area (Å²) in [7, 11) is 0. The number of nitrogens with one attached hydrogen (secondary N) is 2. The second kappa shape index (κ2) is 7.26. The van der Waals surface area contributed by atoms with Crippen LogP contribution in [0.4, 0.5) is 10.5 Å². The maximum Gasteiger partial charge on any atom is 0.322 e. The molecule has 0 spiro atoms. The number of aromatic nitrogens is 2. The first kappa shape index (κ1) is 17.8. The van der Waals surface area contributed by atoms with Gasteiger partial charge in [0.15, 0.2) is 0 Å². The van der Waals surface area contributed by atoms with Gasteiger partial charge in [-0.05, 0) is 47.9 Å². The number of rotatable bonds is 2. The number of para-hydroxylation sites is 1. The van der Waals surface area contributed by atoms with E-state index in [0.29, 0.717) is 17.3 Å². The molecule has 0 radical (unpaired) electrons. The fourth-order valence-electron chi connectivity index (χ4n) is 4.11. The topological polar surface area (TPSA) is 61.0 Å². The number of nitrogens with zero attached hydrogens (tertiary/aromatic N) is 2. The first-order valence-electron chi connectivity index (χ1n) is 9.53. The molecule has 2 N–H and O–H groups in total. The van der Waals surface area contributed by atoms with Crippen molar-refractivity contribution in [2.75, 3.05) is 11.9 Å². The van der Waals surface area contributed by atoms with Gasteiger partial charge in [0.25, 0.3) is 0 Å². The SMILES string of the molecule is O=C(Nc1cccc(Cl)c1)N1CCc2c([nH]c3ccccc23)C1c1cccnc1. The van der Waals surface area contributed by atoms with E-state index in [0.717, 1.165) is 23.2 Å². The average Bonchev–Trinajstić information content (AvgIpc) is 3.12. The highest BCUT2D eigenvalue weighted by atomic mass is 35.5. The largest absolute Gasteiger partial charge is 0.356 e. The van der Waals surface area contributed by atoms with Crippen LogP contribution in [0, 0.1) is 0 Å². The zero-order chi connectivity index (χ0) is 19.8. The van der Waals surface area contributed by atoms with Crippen LogP contribution in [0.1, 0.15) is 22.9 Å². The number of benzene rings is 2.